The highest BCUT2D eigenvalue weighted by Gasteiger charge is 2.01. The molecule has 0 radical (unpaired) electrons. The Balaban J connectivity index is 2.55. The van der Waals surface area contributed by atoms with E-state index in [-0.39, 0.29) is 11.7 Å². The van der Waals surface area contributed by atoms with Crippen LogP contribution in [0.25, 0.3) is 0 Å². The van der Waals surface area contributed by atoms with Crippen molar-refractivity contribution in [1.82, 2.24) is 5.32 Å². The summed E-state index contributed by atoms with van der Waals surface area (Å²) in [6, 6.07) is 0. The second-order valence-corrected chi connectivity index (χ2v) is 3.49. The monoisotopic (exact) mass is 219 g/mol. The van der Waals surface area contributed by atoms with Crippen LogP contribution in [0.4, 0.5) is 0 Å². The lowest BCUT2D eigenvalue weighted by atomic mass is 10.1. The number of hydrogen-bond acceptors (Lipinski definition) is 4. The minimum Gasteiger partial charge on any atom is -0.512 e. The molecule has 4 N–H and O–H groups in total. The normalized spacial score (nSPS) is 18.7. The molecule has 0 aliphatic carbocycles. The number of allylic oxidation sites excluding steroid dienone is 4. The molecule has 0 aromatic heterocycles. The molecular weight excluding hydrogens is 202 g/mol. The van der Waals surface area contributed by atoms with Crippen molar-refractivity contribution in [3.63, 3.8) is 0 Å². The number of hydrogen-bond donors (Lipinski definition) is 3. The van der Waals surface area contributed by atoms with Gasteiger partial charge in [-0.25, -0.2) is 4.99 Å². The molecule has 1 aliphatic heterocycles. The van der Waals surface area contributed by atoms with Gasteiger partial charge in [-0.1, -0.05) is 19.1 Å². The molecule has 1 aliphatic rings. The van der Waals surface area contributed by atoms with Crippen molar-refractivity contribution in [1.29, 1.82) is 0 Å². The molecule has 16 heavy (non-hydrogen) atoms. The highest BCUT2D eigenvalue weighted by atomic mass is 16.3. The molecule has 0 fully saturated rings. The number of guanidine groups is 1. The molecule has 0 amide bonds. The highest BCUT2D eigenvalue weighted by Crippen LogP contribution is 2.07. The van der Waals surface area contributed by atoms with Gasteiger partial charge in [0.15, 0.2) is 5.96 Å². The molecule has 0 unspecified atom stereocenters. The summed E-state index contributed by atoms with van der Waals surface area (Å²) in [5, 5.41) is 12.5. The molecule has 0 bridgehead atoms. The smallest absolute Gasteiger partial charge is 0.193 e. The first-order valence-corrected chi connectivity index (χ1v) is 5.10. The van der Waals surface area contributed by atoms with Gasteiger partial charge in [-0.05, 0) is 18.2 Å². The first-order valence-electron chi connectivity index (χ1n) is 5.10. The van der Waals surface area contributed by atoms with Crippen LogP contribution >= 0.6 is 0 Å². The van der Waals surface area contributed by atoms with Crippen LogP contribution in [0.3, 0.4) is 0 Å². The molecule has 0 saturated heterocycles. The molecule has 0 aromatic carbocycles. The van der Waals surface area contributed by atoms with Gasteiger partial charge in [0.25, 0.3) is 0 Å². The standard InChI is InChI=1S/C12H17N3O/c1-3-9(2)11(16)6-4-5-10-7-8-14-12(13)15-10/h3-7,9,16H,1,8H2,2H3,(H3,13,14,15)/b5-4+,11-6+/t9-/m0/s1. The average Bonchev–Trinajstić information content (AvgIpc) is 2.28. The van der Waals surface area contributed by atoms with Crippen molar-refractivity contribution in [2.75, 3.05) is 6.54 Å². The topological polar surface area (TPSA) is 70.6 Å². The molecule has 4 nitrogen and oxygen atoms in total. The van der Waals surface area contributed by atoms with Crippen molar-refractivity contribution in [2.24, 2.45) is 16.6 Å². The molecule has 1 rings (SSSR count). The van der Waals surface area contributed by atoms with E-state index in [2.05, 4.69) is 16.9 Å². The summed E-state index contributed by atoms with van der Waals surface area (Å²) in [6.07, 6.45) is 8.81. The van der Waals surface area contributed by atoms with Crippen LogP contribution in [0.15, 0.2) is 53.4 Å². The number of aliphatic hydroxyl groups excluding tert-OH is 1. The van der Waals surface area contributed by atoms with Crippen molar-refractivity contribution in [2.45, 2.75) is 6.92 Å². The van der Waals surface area contributed by atoms with Crippen LogP contribution in [0.5, 0.6) is 0 Å². The van der Waals surface area contributed by atoms with Gasteiger partial charge in [0.2, 0.25) is 0 Å². The zero-order chi connectivity index (χ0) is 12.0. The lowest BCUT2D eigenvalue weighted by Gasteiger charge is -2.10. The number of aliphatic imine (C=N–C) groups is 1. The molecule has 1 atom stereocenters. The lowest BCUT2D eigenvalue weighted by molar-refractivity contribution is 0.366. The summed E-state index contributed by atoms with van der Waals surface area (Å²) in [5.74, 6) is 0.656. The van der Waals surface area contributed by atoms with Gasteiger partial charge in [0.1, 0.15) is 0 Å². The molecule has 0 spiro atoms. The second kappa shape index (κ2) is 5.80. The predicted octanol–water partition coefficient (Wildman–Crippen LogP) is 1.61. The molecule has 0 aromatic rings. The van der Waals surface area contributed by atoms with E-state index in [9.17, 15) is 5.11 Å². The van der Waals surface area contributed by atoms with Gasteiger partial charge in [0, 0.05) is 11.6 Å². The summed E-state index contributed by atoms with van der Waals surface area (Å²) in [7, 11) is 0. The Morgan fingerprint density at radius 2 is 2.50 bits per heavy atom. The number of nitrogens with zero attached hydrogens (tertiary/aromatic N) is 1. The summed E-state index contributed by atoms with van der Waals surface area (Å²) < 4.78 is 0. The van der Waals surface area contributed by atoms with Gasteiger partial charge >= 0.3 is 0 Å². The van der Waals surface area contributed by atoms with Crippen molar-refractivity contribution >= 4 is 5.96 Å². The van der Waals surface area contributed by atoms with Crippen LogP contribution in [0.1, 0.15) is 6.92 Å². The largest absolute Gasteiger partial charge is 0.512 e. The van der Waals surface area contributed by atoms with Crippen LogP contribution < -0.4 is 11.1 Å². The summed E-state index contributed by atoms with van der Waals surface area (Å²) in [4.78, 5) is 3.96. The maximum atomic E-state index is 9.55. The minimum absolute atomic E-state index is 0.0374. The van der Waals surface area contributed by atoms with Gasteiger partial charge in [0.05, 0.1) is 12.3 Å². The fourth-order valence-corrected chi connectivity index (χ4v) is 1.11. The third-order valence-electron chi connectivity index (χ3n) is 2.21. The Hall–Kier alpha value is -1.97. The minimum atomic E-state index is -0.0374. The van der Waals surface area contributed by atoms with E-state index in [0.29, 0.717) is 12.5 Å². The fraction of sp³-hybridized carbons (Fsp3) is 0.250. The number of nitrogens with one attached hydrogen (secondary N) is 1. The maximum Gasteiger partial charge on any atom is 0.193 e. The van der Waals surface area contributed by atoms with Crippen LogP contribution in [0.2, 0.25) is 0 Å². The SMILES string of the molecule is C=C[C@H](C)/C(O)=C\C=C\C1=CCN=C(N)N1. The first-order chi connectivity index (χ1) is 7.63. The number of aliphatic hydroxyl groups is 1. The Labute approximate surface area is 95.6 Å². The second-order valence-electron chi connectivity index (χ2n) is 3.49. The Morgan fingerprint density at radius 1 is 1.75 bits per heavy atom. The third-order valence-corrected chi connectivity index (χ3v) is 2.21. The van der Waals surface area contributed by atoms with Crippen LogP contribution in [-0.2, 0) is 0 Å². The van der Waals surface area contributed by atoms with E-state index in [4.69, 9.17) is 5.73 Å². The summed E-state index contributed by atoms with van der Waals surface area (Å²) >= 11 is 0. The van der Waals surface area contributed by atoms with E-state index in [1.807, 2.05) is 19.1 Å². The Morgan fingerprint density at radius 3 is 3.12 bits per heavy atom. The maximum absolute atomic E-state index is 9.55. The van der Waals surface area contributed by atoms with Crippen molar-refractivity contribution in [3.8, 4) is 0 Å². The van der Waals surface area contributed by atoms with Gasteiger partial charge in [-0.3, -0.25) is 0 Å². The zero-order valence-electron chi connectivity index (χ0n) is 9.35. The van der Waals surface area contributed by atoms with Gasteiger partial charge in [-0.15, -0.1) is 6.58 Å². The van der Waals surface area contributed by atoms with E-state index in [0.717, 1.165) is 5.70 Å². The molecule has 1 heterocycles. The average molecular weight is 219 g/mol. The highest BCUT2D eigenvalue weighted by molar-refractivity contribution is 5.81. The third kappa shape index (κ3) is 3.65. The van der Waals surface area contributed by atoms with Crippen molar-refractivity contribution < 1.29 is 5.11 Å². The van der Waals surface area contributed by atoms with Gasteiger partial charge in [-0.2, -0.15) is 0 Å². The molecule has 0 saturated carbocycles. The summed E-state index contributed by atoms with van der Waals surface area (Å²) in [5.41, 5.74) is 6.39. The Kier molecular flexibility index (Phi) is 4.39. The number of rotatable bonds is 4. The van der Waals surface area contributed by atoms with Crippen LogP contribution in [-0.4, -0.2) is 17.6 Å². The Bertz CT molecular complexity index is 378. The summed E-state index contributed by atoms with van der Waals surface area (Å²) in [6.45, 7) is 6.06. The fourth-order valence-electron chi connectivity index (χ4n) is 1.11. The van der Waals surface area contributed by atoms with E-state index < -0.39 is 0 Å². The predicted molar refractivity (Wildman–Crippen MR) is 66.9 cm³/mol. The van der Waals surface area contributed by atoms with Crippen LogP contribution in [0, 0.1) is 5.92 Å². The zero-order valence-corrected chi connectivity index (χ0v) is 9.35. The molecular formula is C12H17N3O. The molecule has 4 heteroatoms. The van der Waals surface area contributed by atoms with Crippen molar-refractivity contribution in [3.05, 3.63) is 48.4 Å². The van der Waals surface area contributed by atoms with E-state index in [1.165, 1.54) is 0 Å². The number of nitrogens with two attached hydrogens (primary N) is 1. The lowest BCUT2D eigenvalue weighted by Crippen LogP contribution is -2.32. The van der Waals surface area contributed by atoms with E-state index >= 15 is 0 Å². The quantitative estimate of drug-likeness (QED) is 0.382. The van der Waals surface area contributed by atoms with E-state index in [1.54, 1.807) is 18.2 Å². The van der Waals surface area contributed by atoms with Gasteiger partial charge < -0.3 is 16.2 Å². The molecule has 86 valence electrons. The first kappa shape index (κ1) is 12.1.